The predicted octanol–water partition coefficient (Wildman–Crippen LogP) is 2.67. The van der Waals surface area contributed by atoms with Gasteiger partial charge in [0.1, 0.15) is 12.4 Å². The van der Waals surface area contributed by atoms with Gasteiger partial charge in [0.25, 0.3) is 0 Å². The van der Waals surface area contributed by atoms with Crippen molar-refractivity contribution in [3.63, 3.8) is 0 Å². The van der Waals surface area contributed by atoms with E-state index in [9.17, 15) is 0 Å². The maximum Gasteiger partial charge on any atom is 0.123 e. The number of aliphatic hydroxyl groups excluding tert-OH is 1. The summed E-state index contributed by atoms with van der Waals surface area (Å²) in [4.78, 5) is 0. The summed E-state index contributed by atoms with van der Waals surface area (Å²) >= 11 is 0. The van der Waals surface area contributed by atoms with Crippen LogP contribution in [0.4, 0.5) is 0 Å². The Balaban J connectivity index is 2.03. The zero-order valence-electron chi connectivity index (χ0n) is 10.5. The molecule has 0 aliphatic carbocycles. The van der Waals surface area contributed by atoms with E-state index in [1.807, 2.05) is 36.4 Å². The Morgan fingerprint density at radius 2 is 1.79 bits per heavy atom. The fourth-order valence-electron chi connectivity index (χ4n) is 1.81. The molecule has 0 aromatic heterocycles. The van der Waals surface area contributed by atoms with Crippen LogP contribution in [-0.4, -0.2) is 11.7 Å². The smallest absolute Gasteiger partial charge is 0.123 e. The molecule has 96 valence electrons. The Morgan fingerprint density at radius 1 is 1.05 bits per heavy atom. The van der Waals surface area contributed by atoms with Gasteiger partial charge in [-0.2, -0.15) is 5.26 Å². The first-order chi connectivity index (χ1) is 9.33. The summed E-state index contributed by atoms with van der Waals surface area (Å²) in [7, 11) is 0. The van der Waals surface area contributed by atoms with Crippen LogP contribution < -0.4 is 4.74 Å². The summed E-state index contributed by atoms with van der Waals surface area (Å²) in [5.41, 5.74) is 2.65. The molecule has 0 saturated carbocycles. The van der Waals surface area contributed by atoms with Crippen LogP contribution in [0.3, 0.4) is 0 Å². The van der Waals surface area contributed by atoms with Gasteiger partial charge in [-0.1, -0.05) is 30.3 Å². The van der Waals surface area contributed by atoms with E-state index < -0.39 is 0 Å². The molecule has 2 aromatic rings. The van der Waals surface area contributed by atoms with Crippen molar-refractivity contribution < 1.29 is 9.84 Å². The highest BCUT2D eigenvalue weighted by Crippen LogP contribution is 2.19. The Labute approximate surface area is 112 Å². The monoisotopic (exact) mass is 253 g/mol. The third-order valence-corrected chi connectivity index (χ3v) is 2.83. The van der Waals surface area contributed by atoms with Crippen molar-refractivity contribution in [3.05, 3.63) is 65.2 Å². The summed E-state index contributed by atoms with van der Waals surface area (Å²) in [6.45, 7) is 0.561. The summed E-state index contributed by atoms with van der Waals surface area (Å²) < 4.78 is 5.76. The van der Waals surface area contributed by atoms with Gasteiger partial charge in [0, 0.05) is 6.61 Å². The molecule has 0 unspecified atom stereocenters. The number of ether oxygens (including phenoxy) is 1. The van der Waals surface area contributed by atoms with Gasteiger partial charge < -0.3 is 9.84 Å². The second-order valence-corrected chi connectivity index (χ2v) is 4.18. The van der Waals surface area contributed by atoms with Crippen molar-refractivity contribution in [3.8, 4) is 11.8 Å². The van der Waals surface area contributed by atoms with E-state index in [-0.39, 0.29) is 6.61 Å². The number of aliphatic hydroxyl groups is 1. The predicted molar refractivity (Wildman–Crippen MR) is 72.7 cm³/mol. The van der Waals surface area contributed by atoms with E-state index in [1.54, 1.807) is 12.1 Å². The molecule has 0 spiro atoms. The van der Waals surface area contributed by atoms with Crippen molar-refractivity contribution in [2.75, 3.05) is 6.61 Å². The highest BCUT2D eigenvalue weighted by Gasteiger charge is 2.02. The lowest BCUT2D eigenvalue weighted by Crippen LogP contribution is -2.00. The van der Waals surface area contributed by atoms with Crippen LogP contribution in [0, 0.1) is 11.3 Å². The number of hydrogen-bond acceptors (Lipinski definition) is 3. The minimum Gasteiger partial charge on any atom is -0.489 e. The minimum atomic E-state index is 0.108. The average Bonchev–Trinajstić information content (AvgIpc) is 2.47. The SMILES string of the molecule is N#Cc1ccc(COc2ccccc2CCO)cc1. The van der Waals surface area contributed by atoms with E-state index in [4.69, 9.17) is 15.1 Å². The van der Waals surface area contributed by atoms with E-state index in [2.05, 4.69) is 6.07 Å². The molecular formula is C16H15NO2. The lowest BCUT2D eigenvalue weighted by Gasteiger charge is -2.10. The Bertz CT molecular complexity index is 570. The van der Waals surface area contributed by atoms with E-state index in [0.29, 0.717) is 18.6 Å². The first-order valence-electron chi connectivity index (χ1n) is 6.14. The lowest BCUT2D eigenvalue weighted by atomic mass is 10.1. The van der Waals surface area contributed by atoms with Crippen molar-refractivity contribution in [2.24, 2.45) is 0 Å². The number of benzene rings is 2. The van der Waals surface area contributed by atoms with E-state index in [0.717, 1.165) is 16.9 Å². The number of hydrogen-bond donors (Lipinski definition) is 1. The standard InChI is InChI=1S/C16H15NO2/c17-11-13-5-7-14(8-6-13)12-19-16-4-2-1-3-15(16)9-10-18/h1-8,18H,9-10,12H2. The summed E-state index contributed by atoms with van der Waals surface area (Å²) in [6, 6.07) is 17.1. The van der Waals surface area contributed by atoms with Gasteiger partial charge in [0.2, 0.25) is 0 Å². The van der Waals surface area contributed by atoms with Crippen molar-refractivity contribution in [1.29, 1.82) is 5.26 Å². The summed E-state index contributed by atoms with van der Waals surface area (Å²) in [5, 5.41) is 17.7. The van der Waals surface area contributed by atoms with Gasteiger partial charge in [-0.25, -0.2) is 0 Å². The molecule has 0 heterocycles. The van der Waals surface area contributed by atoms with Gasteiger partial charge in [0.15, 0.2) is 0 Å². The maximum absolute atomic E-state index is 9.00. The molecule has 3 heteroatoms. The minimum absolute atomic E-state index is 0.108. The molecule has 2 rings (SSSR count). The molecular weight excluding hydrogens is 238 g/mol. The normalized spacial score (nSPS) is 9.89. The van der Waals surface area contributed by atoms with Crippen LogP contribution in [0.15, 0.2) is 48.5 Å². The van der Waals surface area contributed by atoms with Gasteiger partial charge in [-0.05, 0) is 35.7 Å². The molecule has 0 fully saturated rings. The van der Waals surface area contributed by atoms with Crippen molar-refractivity contribution >= 4 is 0 Å². The highest BCUT2D eigenvalue weighted by molar-refractivity contribution is 5.34. The van der Waals surface area contributed by atoms with Gasteiger partial charge in [-0.3, -0.25) is 0 Å². The maximum atomic E-state index is 9.00. The molecule has 0 aliphatic rings. The average molecular weight is 253 g/mol. The van der Waals surface area contributed by atoms with Crippen LogP contribution >= 0.6 is 0 Å². The Hall–Kier alpha value is -2.31. The van der Waals surface area contributed by atoms with E-state index >= 15 is 0 Å². The van der Waals surface area contributed by atoms with Crippen LogP contribution in [0.25, 0.3) is 0 Å². The van der Waals surface area contributed by atoms with E-state index in [1.165, 1.54) is 0 Å². The fraction of sp³-hybridized carbons (Fsp3) is 0.188. The lowest BCUT2D eigenvalue weighted by molar-refractivity contribution is 0.284. The fourth-order valence-corrected chi connectivity index (χ4v) is 1.81. The van der Waals surface area contributed by atoms with Crippen LogP contribution in [-0.2, 0) is 13.0 Å². The summed E-state index contributed by atoms with van der Waals surface area (Å²) in [6.07, 6.45) is 0.587. The molecule has 0 amide bonds. The van der Waals surface area contributed by atoms with Crippen molar-refractivity contribution in [1.82, 2.24) is 0 Å². The number of rotatable bonds is 5. The Kier molecular flexibility index (Phi) is 4.54. The molecule has 0 saturated heterocycles. The first-order valence-corrected chi connectivity index (χ1v) is 6.14. The molecule has 0 aliphatic heterocycles. The largest absolute Gasteiger partial charge is 0.489 e. The number of nitriles is 1. The molecule has 2 aromatic carbocycles. The molecule has 3 nitrogen and oxygen atoms in total. The zero-order valence-corrected chi connectivity index (χ0v) is 10.5. The van der Waals surface area contributed by atoms with Crippen molar-refractivity contribution in [2.45, 2.75) is 13.0 Å². The van der Waals surface area contributed by atoms with Gasteiger partial charge >= 0.3 is 0 Å². The Morgan fingerprint density at radius 3 is 2.47 bits per heavy atom. The third kappa shape index (κ3) is 3.57. The molecule has 0 bridgehead atoms. The van der Waals surface area contributed by atoms with Crippen LogP contribution in [0.2, 0.25) is 0 Å². The van der Waals surface area contributed by atoms with Gasteiger partial charge in [0.05, 0.1) is 11.6 Å². The van der Waals surface area contributed by atoms with Crippen LogP contribution in [0.1, 0.15) is 16.7 Å². The second kappa shape index (κ2) is 6.58. The molecule has 19 heavy (non-hydrogen) atoms. The quantitative estimate of drug-likeness (QED) is 0.891. The second-order valence-electron chi connectivity index (χ2n) is 4.18. The third-order valence-electron chi connectivity index (χ3n) is 2.83. The molecule has 1 N–H and O–H groups in total. The topological polar surface area (TPSA) is 53.2 Å². The van der Waals surface area contributed by atoms with Crippen LogP contribution in [0.5, 0.6) is 5.75 Å². The number of nitrogens with zero attached hydrogens (tertiary/aromatic N) is 1. The molecule has 0 atom stereocenters. The highest BCUT2D eigenvalue weighted by atomic mass is 16.5. The molecule has 0 radical (unpaired) electrons. The first kappa shape index (κ1) is 13.1. The zero-order chi connectivity index (χ0) is 13.5. The summed E-state index contributed by atoms with van der Waals surface area (Å²) in [5.74, 6) is 0.793. The van der Waals surface area contributed by atoms with Gasteiger partial charge in [-0.15, -0.1) is 0 Å². The number of para-hydroxylation sites is 1.